The van der Waals surface area contributed by atoms with Crippen LogP contribution >= 0.6 is 0 Å². The highest BCUT2D eigenvalue weighted by Crippen LogP contribution is 2.16. The van der Waals surface area contributed by atoms with Crippen LogP contribution in [0.15, 0.2) is 42.7 Å². The van der Waals surface area contributed by atoms with Crippen molar-refractivity contribution >= 4 is 11.6 Å². The van der Waals surface area contributed by atoms with E-state index in [1.54, 1.807) is 30.1 Å². The van der Waals surface area contributed by atoms with Crippen molar-refractivity contribution in [2.24, 2.45) is 5.73 Å². The Morgan fingerprint density at radius 2 is 2.22 bits per heavy atom. The van der Waals surface area contributed by atoms with Gasteiger partial charge in [-0.15, -0.1) is 0 Å². The molecule has 0 fully saturated rings. The number of anilines is 1. The lowest BCUT2D eigenvalue weighted by molar-refractivity contribution is -0.119. The van der Waals surface area contributed by atoms with Crippen LogP contribution < -0.4 is 11.1 Å². The minimum Gasteiger partial charge on any atom is -0.326 e. The van der Waals surface area contributed by atoms with Crippen LogP contribution in [0.5, 0.6) is 0 Å². The minimum absolute atomic E-state index is 0.111. The SMILES string of the molecule is CC(C(=O)Nc1ccccc1CN)n1cccn1. The van der Waals surface area contributed by atoms with Gasteiger partial charge in [-0.1, -0.05) is 18.2 Å². The fraction of sp³-hybridized carbons (Fsp3) is 0.231. The van der Waals surface area contributed by atoms with E-state index in [-0.39, 0.29) is 11.9 Å². The number of hydrogen-bond donors (Lipinski definition) is 2. The number of benzene rings is 1. The van der Waals surface area contributed by atoms with Crippen molar-refractivity contribution in [2.75, 3.05) is 5.32 Å². The molecular formula is C13H16N4O. The van der Waals surface area contributed by atoms with E-state index in [0.29, 0.717) is 6.54 Å². The van der Waals surface area contributed by atoms with Gasteiger partial charge in [-0.2, -0.15) is 5.10 Å². The Kier molecular flexibility index (Phi) is 3.74. The average Bonchev–Trinajstić information content (AvgIpc) is 2.92. The number of carbonyl (C=O) groups excluding carboxylic acids is 1. The molecule has 5 nitrogen and oxygen atoms in total. The maximum atomic E-state index is 12.1. The van der Waals surface area contributed by atoms with Gasteiger partial charge in [0.2, 0.25) is 5.91 Å². The number of amides is 1. The van der Waals surface area contributed by atoms with Crippen molar-refractivity contribution in [1.82, 2.24) is 9.78 Å². The van der Waals surface area contributed by atoms with Gasteiger partial charge in [0.15, 0.2) is 0 Å². The Balaban J connectivity index is 2.12. The number of aromatic nitrogens is 2. The molecule has 0 aliphatic rings. The van der Waals surface area contributed by atoms with Gasteiger partial charge in [0.25, 0.3) is 0 Å². The lowest BCUT2D eigenvalue weighted by atomic mass is 10.1. The molecule has 1 aromatic heterocycles. The third-order valence-corrected chi connectivity index (χ3v) is 2.80. The Hall–Kier alpha value is -2.14. The molecule has 0 aliphatic carbocycles. The number of nitrogens with one attached hydrogen (secondary N) is 1. The third kappa shape index (κ3) is 2.57. The predicted molar refractivity (Wildman–Crippen MR) is 69.9 cm³/mol. The van der Waals surface area contributed by atoms with Crippen LogP contribution in [-0.4, -0.2) is 15.7 Å². The van der Waals surface area contributed by atoms with Crippen LogP contribution in [0.3, 0.4) is 0 Å². The maximum Gasteiger partial charge on any atom is 0.248 e. The summed E-state index contributed by atoms with van der Waals surface area (Å²) in [5, 5.41) is 6.92. The lowest BCUT2D eigenvalue weighted by Gasteiger charge is -2.14. The molecule has 0 aliphatic heterocycles. The molecule has 1 aromatic carbocycles. The Morgan fingerprint density at radius 1 is 1.44 bits per heavy atom. The molecule has 1 heterocycles. The molecule has 18 heavy (non-hydrogen) atoms. The first-order valence-electron chi connectivity index (χ1n) is 5.80. The molecule has 1 atom stereocenters. The van der Waals surface area contributed by atoms with Crippen LogP contribution in [0.4, 0.5) is 5.69 Å². The monoisotopic (exact) mass is 244 g/mol. The maximum absolute atomic E-state index is 12.1. The summed E-state index contributed by atoms with van der Waals surface area (Å²) in [6, 6.07) is 8.94. The largest absolute Gasteiger partial charge is 0.326 e. The minimum atomic E-state index is -0.356. The standard InChI is InChI=1S/C13H16N4O/c1-10(17-8-4-7-15-17)13(18)16-12-6-3-2-5-11(12)9-14/h2-8,10H,9,14H2,1H3,(H,16,18). The van der Waals surface area contributed by atoms with Gasteiger partial charge in [-0.25, -0.2) is 0 Å². The van der Waals surface area contributed by atoms with E-state index < -0.39 is 0 Å². The number of nitrogens with zero attached hydrogens (tertiary/aromatic N) is 2. The van der Waals surface area contributed by atoms with Crippen LogP contribution in [0.1, 0.15) is 18.5 Å². The van der Waals surface area contributed by atoms with Gasteiger partial charge in [0.05, 0.1) is 0 Å². The molecule has 0 bridgehead atoms. The van der Waals surface area contributed by atoms with Crippen molar-refractivity contribution < 1.29 is 4.79 Å². The van der Waals surface area contributed by atoms with Crippen LogP contribution in [0.25, 0.3) is 0 Å². The average molecular weight is 244 g/mol. The number of rotatable bonds is 4. The molecular weight excluding hydrogens is 228 g/mol. The van der Waals surface area contributed by atoms with Crippen molar-refractivity contribution in [3.63, 3.8) is 0 Å². The quantitative estimate of drug-likeness (QED) is 0.856. The van der Waals surface area contributed by atoms with E-state index in [4.69, 9.17) is 5.73 Å². The summed E-state index contributed by atoms with van der Waals surface area (Å²) in [7, 11) is 0. The molecule has 3 N–H and O–H groups in total. The second-order valence-electron chi connectivity index (χ2n) is 4.01. The number of carbonyl (C=O) groups is 1. The smallest absolute Gasteiger partial charge is 0.248 e. The van der Waals surface area contributed by atoms with Gasteiger partial charge < -0.3 is 11.1 Å². The van der Waals surface area contributed by atoms with Crippen molar-refractivity contribution in [3.05, 3.63) is 48.3 Å². The van der Waals surface area contributed by atoms with Crippen molar-refractivity contribution in [2.45, 2.75) is 19.5 Å². The van der Waals surface area contributed by atoms with Crippen LogP contribution in [0.2, 0.25) is 0 Å². The summed E-state index contributed by atoms with van der Waals surface area (Å²) in [4.78, 5) is 12.1. The first kappa shape index (κ1) is 12.3. The van der Waals surface area contributed by atoms with E-state index in [1.807, 2.05) is 24.3 Å². The molecule has 5 heteroatoms. The fourth-order valence-electron chi connectivity index (χ4n) is 1.69. The zero-order chi connectivity index (χ0) is 13.0. The number of hydrogen-bond acceptors (Lipinski definition) is 3. The summed E-state index contributed by atoms with van der Waals surface area (Å²) >= 11 is 0. The summed E-state index contributed by atoms with van der Waals surface area (Å²) in [6.07, 6.45) is 3.41. The number of nitrogens with two attached hydrogens (primary N) is 1. The molecule has 0 saturated carbocycles. The summed E-state index contributed by atoms with van der Waals surface area (Å²) in [5.74, 6) is -0.111. The highest BCUT2D eigenvalue weighted by atomic mass is 16.2. The lowest BCUT2D eigenvalue weighted by Crippen LogP contribution is -2.24. The Bertz CT molecular complexity index is 522. The van der Waals surface area contributed by atoms with E-state index >= 15 is 0 Å². The molecule has 0 radical (unpaired) electrons. The molecule has 1 unspecified atom stereocenters. The van der Waals surface area contributed by atoms with Gasteiger partial charge in [0, 0.05) is 24.6 Å². The second kappa shape index (κ2) is 5.46. The first-order valence-corrected chi connectivity index (χ1v) is 5.80. The van der Waals surface area contributed by atoms with E-state index in [0.717, 1.165) is 11.3 Å². The van der Waals surface area contributed by atoms with Gasteiger partial charge in [-0.05, 0) is 24.6 Å². The molecule has 0 spiro atoms. The number of para-hydroxylation sites is 1. The van der Waals surface area contributed by atoms with Gasteiger partial charge in [0.1, 0.15) is 6.04 Å². The normalized spacial score (nSPS) is 12.1. The summed E-state index contributed by atoms with van der Waals surface area (Å²) in [6.45, 7) is 2.19. The first-order chi connectivity index (χ1) is 8.72. The predicted octanol–water partition coefficient (Wildman–Crippen LogP) is 1.54. The zero-order valence-electron chi connectivity index (χ0n) is 10.2. The van der Waals surface area contributed by atoms with E-state index in [9.17, 15) is 4.79 Å². The summed E-state index contributed by atoms with van der Waals surface area (Å²) < 4.78 is 1.61. The Morgan fingerprint density at radius 3 is 2.89 bits per heavy atom. The highest BCUT2D eigenvalue weighted by molar-refractivity contribution is 5.94. The summed E-state index contributed by atoms with van der Waals surface area (Å²) in [5.41, 5.74) is 7.30. The van der Waals surface area contributed by atoms with E-state index in [2.05, 4.69) is 10.4 Å². The highest BCUT2D eigenvalue weighted by Gasteiger charge is 2.15. The van der Waals surface area contributed by atoms with Gasteiger partial charge >= 0.3 is 0 Å². The van der Waals surface area contributed by atoms with Crippen LogP contribution in [-0.2, 0) is 11.3 Å². The topological polar surface area (TPSA) is 72.9 Å². The van der Waals surface area contributed by atoms with Gasteiger partial charge in [-0.3, -0.25) is 9.48 Å². The van der Waals surface area contributed by atoms with Crippen molar-refractivity contribution in [1.29, 1.82) is 0 Å². The third-order valence-electron chi connectivity index (χ3n) is 2.80. The van der Waals surface area contributed by atoms with E-state index in [1.165, 1.54) is 0 Å². The fourth-order valence-corrected chi connectivity index (χ4v) is 1.69. The molecule has 0 saturated heterocycles. The zero-order valence-corrected chi connectivity index (χ0v) is 10.2. The second-order valence-corrected chi connectivity index (χ2v) is 4.01. The molecule has 2 rings (SSSR count). The molecule has 94 valence electrons. The van der Waals surface area contributed by atoms with Crippen molar-refractivity contribution in [3.8, 4) is 0 Å². The Labute approximate surface area is 106 Å². The molecule has 2 aromatic rings. The molecule has 1 amide bonds. The van der Waals surface area contributed by atoms with Crippen LogP contribution in [0, 0.1) is 0 Å².